The van der Waals surface area contributed by atoms with Crippen molar-refractivity contribution in [1.82, 2.24) is 9.29 Å². The number of aromatic nitrogens is 1. The van der Waals surface area contributed by atoms with Crippen molar-refractivity contribution in [2.45, 2.75) is 4.90 Å². The molecule has 1 aromatic heterocycles. The predicted octanol–water partition coefficient (Wildman–Crippen LogP) is 3.56. The Morgan fingerprint density at radius 1 is 1.07 bits per heavy atom. The fourth-order valence-electron chi connectivity index (χ4n) is 3.26. The van der Waals surface area contributed by atoms with Crippen LogP contribution < -0.4 is 10.2 Å². The van der Waals surface area contributed by atoms with E-state index in [4.69, 9.17) is 11.6 Å². The summed E-state index contributed by atoms with van der Waals surface area (Å²) >= 11 is 7.43. The minimum Gasteiger partial charge on any atom is -0.369 e. The van der Waals surface area contributed by atoms with Crippen molar-refractivity contribution in [2.24, 2.45) is 0 Å². The minimum atomic E-state index is -3.75. The third-order valence-electron chi connectivity index (χ3n) is 4.83. The van der Waals surface area contributed by atoms with Gasteiger partial charge >= 0.3 is 0 Å². The summed E-state index contributed by atoms with van der Waals surface area (Å²) in [5.41, 5.74) is 1.16. The number of carbonyl (C=O) groups is 1. The van der Waals surface area contributed by atoms with Crippen molar-refractivity contribution in [3.8, 4) is 0 Å². The van der Waals surface area contributed by atoms with Crippen molar-refractivity contribution >= 4 is 49.7 Å². The number of hydrogen-bond donors (Lipinski definition) is 1. The molecule has 0 atom stereocenters. The number of hydrogen-bond acceptors (Lipinski definition) is 6. The zero-order valence-electron chi connectivity index (χ0n) is 15.9. The first-order valence-corrected chi connectivity index (χ1v) is 12.0. The second-order valence-electron chi connectivity index (χ2n) is 6.66. The van der Waals surface area contributed by atoms with Crippen molar-refractivity contribution in [1.29, 1.82) is 0 Å². The molecular weight excluding hydrogens is 444 g/mol. The monoisotopic (exact) mass is 462 g/mol. The summed E-state index contributed by atoms with van der Waals surface area (Å²) in [6, 6.07) is 14.1. The number of thiazole rings is 1. The molecule has 4 rings (SSSR count). The maximum absolute atomic E-state index is 13.2. The summed E-state index contributed by atoms with van der Waals surface area (Å²) in [6.45, 7) is 1.91. The SMILES string of the molecule is O=C(Nc1nccs1)c1cc(S(=O)(=O)N2CCN(c3ccccc3)CC2)ccc1Cl. The molecule has 1 saturated heterocycles. The first-order valence-electron chi connectivity index (χ1n) is 9.26. The molecule has 2 aromatic carbocycles. The van der Waals surface area contributed by atoms with Crippen LogP contribution >= 0.6 is 22.9 Å². The van der Waals surface area contributed by atoms with E-state index in [1.807, 2.05) is 30.3 Å². The number of nitrogens with one attached hydrogen (secondary N) is 1. The lowest BCUT2D eigenvalue weighted by molar-refractivity contribution is 0.102. The number of benzene rings is 2. The molecule has 7 nitrogen and oxygen atoms in total. The van der Waals surface area contributed by atoms with Gasteiger partial charge in [-0.25, -0.2) is 13.4 Å². The molecule has 2 heterocycles. The fourth-order valence-corrected chi connectivity index (χ4v) is 5.44. The van der Waals surface area contributed by atoms with Crippen LogP contribution in [0.2, 0.25) is 5.02 Å². The topological polar surface area (TPSA) is 82.6 Å². The molecule has 0 unspecified atom stereocenters. The van der Waals surface area contributed by atoms with Crippen LogP contribution in [0.25, 0.3) is 0 Å². The standard InChI is InChI=1S/C20H19ClN4O3S2/c21-18-7-6-16(14-17(18)19(26)23-20-22-8-13-29-20)30(27,28)25-11-9-24(10-12-25)15-4-2-1-3-5-15/h1-8,13-14H,9-12H2,(H,22,23,26). The number of piperazine rings is 1. The van der Waals surface area contributed by atoms with Crippen LogP contribution in [0, 0.1) is 0 Å². The van der Waals surface area contributed by atoms with Gasteiger partial charge in [-0.1, -0.05) is 29.8 Å². The van der Waals surface area contributed by atoms with E-state index in [1.54, 1.807) is 11.6 Å². The van der Waals surface area contributed by atoms with Gasteiger partial charge in [-0.2, -0.15) is 4.31 Å². The molecule has 0 saturated carbocycles. The highest BCUT2D eigenvalue weighted by molar-refractivity contribution is 7.89. The lowest BCUT2D eigenvalue weighted by atomic mass is 10.2. The van der Waals surface area contributed by atoms with E-state index in [1.165, 1.54) is 33.8 Å². The van der Waals surface area contributed by atoms with Crippen molar-refractivity contribution in [3.63, 3.8) is 0 Å². The molecule has 0 radical (unpaired) electrons. The number of nitrogens with zero attached hydrogens (tertiary/aromatic N) is 3. The number of anilines is 2. The number of para-hydroxylation sites is 1. The summed E-state index contributed by atoms with van der Waals surface area (Å²) in [7, 11) is -3.75. The number of rotatable bonds is 5. The Labute approximate surface area is 184 Å². The van der Waals surface area contributed by atoms with Gasteiger partial charge in [-0.05, 0) is 30.3 Å². The lowest BCUT2D eigenvalue weighted by Gasteiger charge is -2.35. The summed E-state index contributed by atoms with van der Waals surface area (Å²) in [6.07, 6.45) is 1.57. The molecule has 1 aliphatic rings. The summed E-state index contributed by atoms with van der Waals surface area (Å²) in [5.74, 6) is -0.499. The summed E-state index contributed by atoms with van der Waals surface area (Å²) in [5, 5.41) is 4.96. The first kappa shape index (κ1) is 20.8. The van der Waals surface area contributed by atoms with Gasteiger partial charge in [-0.3, -0.25) is 10.1 Å². The Bertz CT molecular complexity index is 1130. The van der Waals surface area contributed by atoms with Crippen LogP contribution in [0.5, 0.6) is 0 Å². The highest BCUT2D eigenvalue weighted by atomic mass is 35.5. The van der Waals surface area contributed by atoms with E-state index in [2.05, 4.69) is 15.2 Å². The average Bonchev–Trinajstić information content (AvgIpc) is 3.27. The largest absolute Gasteiger partial charge is 0.369 e. The quantitative estimate of drug-likeness (QED) is 0.626. The Balaban J connectivity index is 1.51. The fraction of sp³-hybridized carbons (Fsp3) is 0.200. The van der Waals surface area contributed by atoms with E-state index in [-0.39, 0.29) is 15.5 Å². The highest BCUT2D eigenvalue weighted by Crippen LogP contribution is 2.26. The molecule has 0 spiro atoms. The molecule has 1 fully saturated rings. The van der Waals surface area contributed by atoms with Gasteiger partial charge < -0.3 is 4.90 Å². The smallest absolute Gasteiger partial charge is 0.259 e. The normalized spacial score (nSPS) is 15.2. The lowest BCUT2D eigenvalue weighted by Crippen LogP contribution is -2.48. The molecule has 1 aliphatic heterocycles. The Hall–Kier alpha value is -2.46. The molecule has 0 aliphatic carbocycles. The molecule has 156 valence electrons. The van der Waals surface area contributed by atoms with E-state index in [0.29, 0.717) is 31.3 Å². The van der Waals surface area contributed by atoms with Gasteiger partial charge in [0.1, 0.15) is 0 Å². The van der Waals surface area contributed by atoms with Gasteiger partial charge in [0.2, 0.25) is 10.0 Å². The number of carbonyl (C=O) groups excluding carboxylic acids is 1. The van der Waals surface area contributed by atoms with E-state index in [9.17, 15) is 13.2 Å². The molecule has 30 heavy (non-hydrogen) atoms. The van der Waals surface area contributed by atoms with Gasteiger partial charge in [-0.15, -0.1) is 11.3 Å². The molecule has 1 N–H and O–H groups in total. The van der Waals surface area contributed by atoms with Crippen molar-refractivity contribution < 1.29 is 13.2 Å². The van der Waals surface area contributed by atoms with Crippen LogP contribution in [-0.2, 0) is 10.0 Å². The Morgan fingerprint density at radius 3 is 2.47 bits per heavy atom. The molecule has 1 amide bonds. The molecule has 3 aromatic rings. The zero-order valence-corrected chi connectivity index (χ0v) is 18.3. The van der Waals surface area contributed by atoms with Gasteiger partial charge in [0.25, 0.3) is 5.91 Å². The van der Waals surface area contributed by atoms with E-state index in [0.717, 1.165) is 5.69 Å². The maximum Gasteiger partial charge on any atom is 0.259 e. The van der Waals surface area contributed by atoms with Crippen LogP contribution in [0.4, 0.5) is 10.8 Å². The first-order chi connectivity index (χ1) is 14.4. The summed E-state index contributed by atoms with van der Waals surface area (Å²) < 4.78 is 27.8. The Morgan fingerprint density at radius 2 is 1.80 bits per heavy atom. The van der Waals surface area contributed by atoms with E-state index >= 15 is 0 Å². The molecule has 0 bridgehead atoms. The second kappa shape index (κ2) is 8.73. The van der Waals surface area contributed by atoms with Crippen LogP contribution in [-0.4, -0.2) is 49.8 Å². The van der Waals surface area contributed by atoms with E-state index < -0.39 is 15.9 Å². The van der Waals surface area contributed by atoms with Crippen LogP contribution in [0.1, 0.15) is 10.4 Å². The third kappa shape index (κ3) is 4.34. The molecular formula is C20H19ClN4O3S2. The molecule has 10 heteroatoms. The number of halogens is 1. The number of amides is 1. The summed E-state index contributed by atoms with van der Waals surface area (Å²) in [4.78, 5) is 18.7. The second-order valence-corrected chi connectivity index (χ2v) is 9.90. The van der Waals surface area contributed by atoms with Crippen LogP contribution in [0.3, 0.4) is 0 Å². The number of sulfonamides is 1. The van der Waals surface area contributed by atoms with Crippen LogP contribution in [0.15, 0.2) is 65.0 Å². The van der Waals surface area contributed by atoms with Gasteiger partial charge in [0.15, 0.2) is 5.13 Å². The van der Waals surface area contributed by atoms with Gasteiger partial charge in [0, 0.05) is 43.4 Å². The van der Waals surface area contributed by atoms with Gasteiger partial charge in [0.05, 0.1) is 15.5 Å². The minimum absolute atomic E-state index is 0.0457. The van der Waals surface area contributed by atoms with Crippen molar-refractivity contribution in [2.75, 3.05) is 36.4 Å². The van der Waals surface area contributed by atoms with Crippen molar-refractivity contribution in [3.05, 3.63) is 70.7 Å². The third-order valence-corrected chi connectivity index (χ3v) is 7.75. The maximum atomic E-state index is 13.2. The Kier molecular flexibility index (Phi) is 6.05. The average molecular weight is 463 g/mol. The highest BCUT2D eigenvalue weighted by Gasteiger charge is 2.29. The zero-order chi connectivity index (χ0) is 21.1. The predicted molar refractivity (Wildman–Crippen MR) is 119 cm³/mol.